The monoisotopic (exact) mass is 420 g/mol. The molecule has 0 atom stereocenters. The Kier molecular flexibility index (Phi) is 5.93. The summed E-state index contributed by atoms with van der Waals surface area (Å²) in [5.41, 5.74) is -0.0656. The van der Waals surface area contributed by atoms with Gasteiger partial charge >= 0.3 is 5.69 Å². The van der Waals surface area contributed by atoms with E-state index in [-0.39, 0.29) is 24.9 Å². The Bertz CT molecular complexity index is 991. The van der Waals surface area contributed by atoms with Crippen LogP contribution in [0, 0.1) is 11.6 Å². The van der Waals surface area contributed by atoms with E-state index in [4.69, 9.17) is 9.47 Å². The fraction of sp³-hybridized carbons (Fsp3) is 0.450. The van der Waals surface area contributed by atoms with Crippen LogP contribution in [-0.4, -0.2) is 59.8 Å². The van der Waals surface area contributed by atoms with Gasteiger partial charge in [-0.2, -0.15) is 4.98 Å². The predicted molar refractivity (Wildman–Crippen MR) is 103 cm³/mol. The molecule has 1 aromatic heterocycles. The number of amides is 1. The number of nitrogens with zero attached hydrogens (tertiary/aromatic N) is 4. The number of morpholine rings is 1. The van der Waals surface area contributed by atoms with Gasteiger partial charge in [-0.1, -0.05) is 6.07 Å². The molecule has 2 aromatic rings. The number of ether oxygens (including phenoxy) is 2. The van der Waals surface area contributed by atoms with Gasteiger partial charge in [-0.3, -0.25) is 9.36 Å². The minimum absolute atomic E-state index is 0.0275. The van der Waals surface area contributed by atoms with Crippen molar-refractivity contribution in [2.24, 2.45) is 0 Å². The van der Waals surface area contributed by atoms with Crippen LogP contribution in [-0.2, 0) is 22.7 Å². The number of halogens is 2. The molecule has 2 aliphatic rings. The van der Waals surface area contributed by atoms with E-state index >= 15 is 0 Å². The van der Waals surface area contributed by atoms with Gasteiger partial charge in [0.25, 0.3) is 0 Å². The molecular weight excluding hydrogens is 398 g/mol. The average Bonchev–Trinajstić information content (AvgIpc) is 2.76. The summed E-state index contributed by atoms with van der Waals surface area (Å²) in [4.78, 5) is 32.6. The molecule has 8 nitrogen and oxygen atoms in total. The molecule has 1 saturated heterocycles. The second-order valence-corrected chi connectivity index (χ2v) is 7.19. The topological polar surface area (TPSA) is 76.9 Å². The number of rotatable bonds is 5. The molecule has 30 heavy (non-hydrogen) atoms. The van der Waals surface area contributed by atoms with Gasteiger partial charge in [0.2, 0.25) is 11.8 Å². The highest BCUT2D eigenvalue weighted by molar-refractivity contribution is 5.81. The Morgan fingerprint density at radius 1 is 1.10 bits per heavy atom. The standard InChI is InChI=1S/C20H22F2N4O4/c21-15-3-2-14(10-16(15)22)13-30-17-11-18-25(4-1-5-26(18)20(28)23-17)12-19(27)24-6-8-29-9-7-24/h2-3,10-11H,1,4-9,12-13H2. The molecule has 160 valence electrons. The van der Waals surface area contributed by atoms with Gasteiger partial charge < -0.3 is 19.3 Å². The van der Waals surface area contributed by atoms with Crippen molar-refractivity contribution in [2.75, 3.05) is 44.3 Å². The van der Waals surface area contributed by atoms with Crippen molar-refractivity contribution < 1.29 is 23.0 Å². The first-order valence-corrected chi connectivity index (χ1v) is 9.80. The van der Waals surface area contributed by atoms with E-state index in [1.807, 2.05) is 4.90 Å². The number of carbonyl (C=O) groups excluding carboxylic acids is 1. The third kappa shape index (κ3) is 4.43. The van der Waals surface area contributed by atoms with E-state index in [0.717, 1.165) is 18.6 Å². The highest BCUT2D eigenvalue weighted by Gasteiger charge is 2.25. The summed E-state index contributed by atoms with van der Waals surface area (Å²) in [5.74, 6) is -1.31. The van der Waals surface area contributed by atoms with Crippen LogP contribution in [0.5, 0.6) is 5.88 Å². The van der Waals surface area contributed by atoms with Gasteiger partial charge in [0.15, 0.2) is 11.6 Å². The van der Waals surface area contributed by atoms with E-state index < -0.39 is 17.3 Å². The molecule has 1 fully saturated rings. The summed E-state index contributed by atoms with van der Waals surface area (Å²) >= 11 is 0. The van der Waals surface area contributed by atoms with E-state index in [1.165, 1.54) is 10.6 Å². The van der Waals surface area contributed by atoms with Crippen molar-refractivity contribution in [1.29, 1.82) is 0 Å². The maximum Gasteiger partial charge on any atom is 0.352 e. The number of aromatic nitrogens is 2. The maximum absolute atomic E-state index is 13.4. The van der Waals surface area contributed by atoms with Crippen LogP contribution in [0.3, 0.4) is 0 Å². The van der Waals surface area contributed by atoms with E-state index in [2.05, 4.69) is 4.98 Å². The molecule has 3 heterocycles. The van der Waals surface area contributed by atoms with E-state index in [0.29, 0.717) is 50.8 Å². The average molecular weight is 420 g/mol. The molecule has 2 aliphatic heterocycles. The fourth-order valence-corrected chi connectivity index (χ4v) is 3.58. The summed E-state index contributed by atoms with van der Waals surface area (Å²) in [6.07, 6.45) is 0.722. The van der Waals surface area contributed by atoms with Crippen molar-refractivity contribution in [2.45, 2.75) is 19.6 Å². The molecule has 10 heteroatoms. The summed E-state index contributed by atoms with van der Waals surface area (Å²) in [6, 6.07) is 5.06. The van der Waals surface area contributed by atoms with E-state index in [9.17, 15) is 18.4 Å². The highest BCUT2D eigenvalue weighted by atomic mass is 19.2. The number of hydrogen-bond donors (Lipinski definition) is 0. The van der Waals surface area contributed by atoms with Crippen LogP contribution in [0.15, 0.2) is 29.1 Å². The number of fused-ring (bicyclic) bond motifs is 1. The molecule has 0 N–H and O–H groups in total. The predicted octanol–water partition coefficient (Wildman–Crippen LogP) is 1.17. The molecule has 1 amide bonds. The van der Waals surface area contributed by atoms with Crippen molar-refractivity contribution in [1.82, 2.24) is 14.5 Å². The van der Waals surface area contributed by atoms with Crippen LogP contribution in [0.1, 0.15) is 12.0 Å². The summed E-state index contributed by atoms with van der Waals surface area (Å²) in [5, 5.41) is 0. The van der Waals surface area contributed by atoms with Crippen LogP contribution in [0.2, 0.25) is 0 Å². The molecule has 0 bridgehead atoms. The number of hydrogen-bond acceptors (Lipinski definition) is 6. The lowest BCUT2D eigenvalue weighted by Crippen LogP contribution is -2.48. The minimum atomic E-state index is -0.970. The van der Waals surface area contributed by atoms with Gasteiger partial charge in [0.05, 0.1) is 19.8 Å². The highest BCUT2D eigenvalue weighted by Crippen LogP contribution is 2.23. The van der Waals surface area contributed by atoms with E-state index in [1.54, 1.807) is 11.0 Å². The summed E-state index contributed by atoms with van der Waals surface area (Å²) in [7, 11) is 0. The van der Waals surface area contributed by atoms with Crippen LogP contribution in [0.25, 0.3) is 0 Å². The van der Waals surface area contributed by atoms with Crippen molar-refractivity contribution in [3.05, 3.63) is 51.9 Å². The van der Waals surface area contributed by atoms with Crippen molar-refractivity contribution >= 4 is 11.7 Å². The lowest BCUT2D eigenvalue weighted by molar-refractivity contribution is -0.133. The second kappa shape index (κ2) is 8.78. The smallest absolute Gasteiger partial charge is 0.352 e. The van der Waals surface area contributed by atoms with Crippen molar-refractivity contribution in [3.8, 4) is 5.88 Å². The van der Waals surface area contributed by atoms with Crippen LogP contribution < -0.4 is 15.3 Å². The molecule has 1 aromatic carbocycles. The largest absolute Gasteiger partial charge is 0.473 e. The third-order valence-electron chi connectivity index (χ3n) is 5.16. The third-order valence-corrected chi connectivity index (χ3v) is 5.16. The molecule has 0 spiro atoms. The van der Waals surface area contributed by atoms with Crippen LogP contribution >= 0.6 is 0 Å². The first-order chi connectivity index (χ1) is 14.5. The second-order valence-electron chi connectivity index (χ2n) is 7.19. The Morgan fingerprint density at radius 2 is 1.90 bits per heavy atom. The normalized spacial score (nSPS) is 16.3. The molecule has 0 unspecified atom stereocenters. The first kappa shape index (κ1) is 20.3. The van der Waals surface area contributed by atoms with Gasteiger partial charge in [-0.15, -0.1) is 0 Å². The minimum Gasteiger partial charge on any atom is -0.473 e. The van der Waals surface area contributed by atoms with Crippen molar-refractivity contribution in [3.63, 3.8) is 0 Å². The maximum atomic E-state index is 13.4. The number of benzene rings is 1. The molecular formula is C20H22F2N4O4. The fourth-order valence-electron chi connectivity index (χ4n) is 3.58. The molecule has 0 saturated carbocycles. The van der Waals surface area contributed by atoms with Crippen LogP contribution in [0.4, 0.5) is 14.6 Å². The SMILES string of the molecule is O=C(CN1CCCn2c1cc(OCc1ccc(F)c(F)c1)nc2=O)N1CCOCC1. The molecule has 0 aliphatic carbocycles. The van der Waals surface area contributed by atoms with Gasteiger partial charge in [0, 0.05) is 32.2 Å². The quantitative estimate of drug-likeness (QED) is 0.723. The van der Waals surface area contributed by atoms with Gasteiger partial charge in [-0.25, -0.2) is 13.6 Å². The zero-order valence-corrected chi connectivity index (χ0v) is 16.4. The summed E-state index contributed by atoms with van der Waals surface area (Å²) < 4.78 is 38.8. The first-order valence-electron chi connectivity index (χ1n) is 9.80. The number of carbonyl (C=O) groups is 1. The Labute approximate surface area is 171 Å². The molecule has 0 radical (unpaired) electrons. The molecule has 4 rings (SSSR count). The number of anilines is 1. The lowest BCUT2D eigenvalue weighted by Gasteiger charge is -2.34. The zero-order chi connectivity index (χ0) is 21.1. The zero-order valence-electron chi connectivity index (χ0n) is 16.4. The lowest BCUT2D eigenvalue weighted by atomic mass is 10.2. The van der Waals surface area contributed by atoms with Gasteiger partial charge in [-0.05, 0) is 24.1 Å². The van der Waals surface area contributed by atoms with Gasteiger partial charge in [0.1, 0.15) is 12.4 Å². The summed E-state index contributed by atoms with van der Waals surface area (Å²) in [6.45, 7) is 3.36. The Hall–Kier alpha value is -3.01. The Balaban J connectivity index is 1.50. The Morgan fingerprint density at radius 3 is 2.67 bits per heavy atom.